The number of aromatic nitrogens is 2. The van der Waals surface area contributed by atoms with E-state index in [0.29, 0.717) is 28.6 Å². The summed E-state index contributed by atoms with van der Waals surface area (Å²) in [6.07, 6.45) is -2.28. The minimum atomic E-state index is -4.39. The molecule has 3 rings (SSSR count). The monoisotopic (exact) mass is 341 g/mol. The van der Waals surface area contributed by atoms with Crippen molar-refractivity contribution in [3.8, 4) is 11.3 Å². The molecule has 2 aromatic rings. The molecule has 0 bridgehead atoms. The molecule has 0 spiro atoms. The second-order valence-corrected chi connectivity index (χ2v) is 6.26. The van der Waals surface area contributed by atoms with Crippen LogP contribution in [-0.2, 0) is 12.7 Å². The van der Waals surface area contributed by atoms with Gasteiger partial charge in [-0.1, -0.05) is 6.92 Å². The lowest BCUT2D eigenvalue weighted by Gasteiger charge is -2.29. The van der Waals surface area contributed by atoms with Gasteiger partial charge < -0.3 is 5.21 Å². The quantitative estimate of drug-likeness (QED) is 0.805. The summed E-state index contributed by atoms with van der Waals surface area (Å²) in [6, 6.07) is 4.57. The molecule has 0 aliphatic carbocycles. The second-order valence-electron chi connectivity index (χ2n) is 6.26. The fourth-order valence-corrected chi connectivity index (χ4v) is 2.87. The molecule has 0 saturated carbocycles. The second kappa shape index (κ2) is 6.43. The lowest BCUT2D eigenvalue weighted by molar-refractivity contribution is -0.808. The number of benzene rings is 1. The van der Waals surface area contributed by atoms with Crippen LogP contribution in [0.2, 0.25) is 0 Å². The maximum atomic E-state index is 12.7. The van der Waals surface area contributed by atoms with Crippen LogP contribution in [0.25, 0.3) is 11.3 Å². The topological polar surface area (TPSA) is 56.2 Å². The maximum absolute atomic E-state index is 12.7. The maximum Gasteiger partial charge on any atom is 0.416 e. The summed E-state index contributed by atoms with van der Waals surface area (Å²) in [4.78, 5) is 2.47. The highest BCUT2D eigenvalue weighted by molar-refractivity contribution is 5.60. The van der Waals surface area contributed by atoms with Crippen molar-refractivity contribution in [1.82, 2.24) is 10.1 Å². The first kappa shape index (κ1) is 16.8. The van der Waals surface area contributed by atoms with Crippen molar-refractivity contribution in [3.05, 3.63) is 40.7 Å². The van der Waals surface area contributed by atoms with E-state index >= 15 is 0 Å². The normalized spacial score (nSPS) is 17.3. The zero-order valence-electron chi connectivity index (χ0n) is 13.2. The highest BCUT2D eigenvalue weighted by Crippen LogP contribution is 2.31. The molecule has 130 valence electrons. The Morgan fingerprint density at radius 3 is 2.46 bits per heavy atom. The Morgan fingerprint density at radius 2 is 1.88 bits per heavy atom. The summed E-state index contributed by atoms with van der Waals surface area (Å²) >= 11 is 0. The van der Waals surface area contributed by atoms with Crippen LogP contribution in [-0.4, -0.2) is 23.1 Å². The number of halogens is 3. The van der Waals surface area contributed by atoms with E-state index in [9.17, 15) is 18.4 Å². The van der Waals surface area contributed by atoms with E-state index in [2.05, 4.69) is 21.6 Å². The zero-order chi connectivity index (χ0) is 17.3. The summed E-state index contributed by atoms with van der Waals surface area (Å²) in [7, 11) is 0. The molecule has 1 aliphatic heterocycles. The van der Waals surface area contributed by atoms with Gasteiger partial charge in [-0.2, -0.15) is 13.2 Å². The largest absolute Gasteiger partial charge is 0.416 e. The Balaban J connectivity index is 1.82. The average molecular weight is 341 g/mol. The molecule has 0 radical (unpaired) electrons. The van der Waals surface area contributed by atoms with E-state index in [1.165, 1.54) is 12.1 Å². The smallest absolute Gasteiger partial charge is 0.359 e. The number of hydrogen-bond donors (Lipinski definition) is 0. The molecule has 8 heteroatoms. The van der Waals surface area contributed by atoms with E-state index < -0.39 is 11.7 Å². The first-order valence-corrected chi connectivity index (χ1v) is 7.83. The van der Waals surface area contributed by atoms with Gasteiger partial charge in [0, 0.05) is 10.7 Å². The van der Waals surface area contributed by atoms with Crippen molar-refractivity contribution < 1.29 is 22.7 Å². The molecule has 1 fully saturated rings. The first-order valence-electron chi connectivity index (χ1n) is 7.83. The van der Waals surface area contributed by atoms with Gasteiger partial charge in [-0.05, 0) is 61.0 Å². The van der Waals surface area contributed by atoms with E-state index in [0.717, 1.165) is 38.1 Å². The zero-order valence-corrected chi connectivity index (χ0v) is 13.2. The van der Waals surface area contributed by atoms with Gasteiger partial charge in [-0.25, -0.2) is 0 Å². The Kier molecular flexibility index (Phi) is 4.49. The molecule has 2 heterocycles. The summed E-state index contributed by atoms with van der Waals surface area (Å²) in [6.45, 7) is 4.31. The molecule has 0 atom stereocenters. The van der Waals surface area contributed by atoms with Crippen LogP contribution in [0.3, 0.4) is 0 Å². The fourth-order valence-electron chi connectivity index (χ4n) is 2.87. The van der Waals surface area contributed by atoms with Crippen LogP contribution in [0.15, 0.2) is 28.9 Å². The Bertz CT molecular complexity index is 690. The lowest BCUT2D eigenvalue weighted by Crippen LogP contribution is -2.37. The van der Waals surface area contributed by atoms with Crippen LogP contribution in [0, 0.1) is 11.1 Å². The van der Waals surface area contributed by atoms with Gasteiger partial charge >= 0.3 is 6.18 Å². The predicted molar refractivity (Wildman–Crippen MR) is 79.6 cm³/mol. The van der Waals surface area contributed by atoms with Crippen molar-refractivity contribution in [3.63, 3.8) is 0 Å². The molecule has 0 unspecified atom stereocenters. The highest BCUT2D eigenvalue weighted by Gasteiger charge is 2.31. The van der Waals surface area contributed by atoms with Gasteiger partial charge in [-0.3, -0.25) is 9.53 Å². The van der Waals surface area contributed by atoms with Gasteiger partial charge in [0.15, 0.2) is 0 Å². The van der Waals surface area contributed by atoms with Crippen LogP contribution < -0.4 is 4.90 Å². The van der Waals surface area contributed by atoms with E-state index in [-0.39, 0.29) is 5.69 Å². The van der Waals surface area contributed by atoms with Crippen LogP contribution in [0.1, 0.15) is 31.0 Å². The molecule has 1 aliphatic rings. The summed E-state index contributed by atoms with van der Waals surface area (Å²) in [5.74, 6) is 0.664. The SMILES string of the molecule is CC1CCN(Cc2c(-c3ccc(C(F)(F)F)cc3)no[n+]2[O-])CC1. The van der Waals surface area contributed by atoms with Gasteiger partial charge in [0.25, 0.3) is 5.69 Å². The van der Waals surface area contributed by atoms with E-state index in [1.54, 1.807) is 0 Å². The predicted octanol–water partition coefficient (Wildman–Crippen LogP) is 3.23. The third kappa shape index (κ3) is 3.53. The molecular formula is C16H18F3N3O2. The molecule has 1 saturated heterocycles. The van der Waals surface area contributed by atoms with Gasteiger partial charge in [0.1, 0.15) is 0 Å². The minimum absolute atomic E-state index is 0.289. The van der Waals surface area contributed by atoms with Crippen molar-refractivity contribution >= 4 is 0 Å². The molecule has 1 aromatic carbocycles. The third-order valence-electron chi connectivity index (χ3n) is 4.44. The Hall–Kier alpha value is -2.09. The standard InChI is InChI=1S/C16H18F3N3O2/c1-11-6-8-21(9-7-11)10-14-15(20-24-22(14)23)12-2-4-13(5-3-12)16(17,18)19/h2-5,11H,6-10H2,1H3. The lowest BCUT2D eigenvalue weighted by atomic mass is 9.99. The van der Waals surface area contributed by atoms with E-state index in [4.69, 9.17) is 0 Å². The number of likely N-dealkylation sites (tertiary alicyclic amines) is 1. The molecule has 5 nitrogen and oxygen atoms in total. The number of rotatable bonds is 3. The molecule has 0 amide bonds. The Labute approximate surface area is 137 Å². The third-order valence-corrected chi connectivity index (χ3v) is 4.44. The number of alkyl halides is 3. The summed E-state index contributed by atoms with van der Waals surface area (Å²) < 4.78 is 42.6. The van der Waals surface area contributed by atoms with Crippen LogP contribution in [0.5, 0.6) is 0 Å². The van der Waals surface area contributed by atoms with Gasteiger partial charge in [0.2, 0.25) is 5.69 Å². The van der Waals surface area contributed by atoms with Gasteiger partial charge in [-0.15, -0.1) is 0 Å². The molecule has 0 N–H and O–H groups in total. The van der Waals surface area contributed by atoms with Crippen molar-refractivity contribution in [2.75, 3.05) is 13.1 Å². The summed E-state index contributed by atoms with van der Waals surface area (Å²) in [5.41, 5.74) is 0.305. The first-order chi connectivity index (χ1) is 11.3. The van der Waals surface area contributed by atoms with Crippen molar-refractivity contribution in [2.24, 2.45) is 5.92 Å². The number of hydrogen-bond acceptors (Lipinski definition) is 4. The number of piperidine rings is 1. The van der Waals surface area contributed by atoms with Crippen molar-refractivity contribution in [1.29, 1.82) is 0 Å². The van der Waals surface area contributed by atoms with Crippen LogP contribution in [0.4, 0.5) is 13.2 Å². The molecule has 24 heavy (non-hydrogen) atoms. The van der Waals surface area contributed by atoms with Crippen LogP contribution >= 0.6 is 0 Å². The van der Waals surface area contributed by atoms with E-state index in [1.807, 2.05) is 0 Å². The summed E-state index contributed by atoms with van der Waals surface area (Å²) in [5, 5.41) is 15.6. The molecular weight excluding hydrogens is 323 g/mol. The number of nitrogens with zero attached hydrogens (tertiary/aromatic N) is 3. The average Bonchev–Trinajstić information content (AvgIpc) is 2.90. The highest BCUT2D eigenvalue weighted by atomic mass is 19.4. The van der Waals surface area contributed by atoms with Crippen molar-refractivity contribution in [2.45, 2.75) is 32.5 Å². The van der Waals surface area contributed by atoms with Gasteiger partial charge in [0.05, 0.1) is 12.1 Å². The Morgan fingerprint density at radius 1 is 1.25 bits per heavy atom. The fraction of sp³-hybridized carbons (Fsp3) is 0.500. The minimum Gasteiger partial charge on any atom is -0.359 e. The molecule has 1 aromatic heterocycles.